The number of benzene rings is 2. The van der Waals surface area contributed by atoms with Crippen molar-refractivity contribution in [1.29, 1.82) is 0 Å². The Kier molecular flexibility index (Phi) is 12.8. The number of fused-ring (bicyclic) bond motifs is 3. The fourth-order valence-electron chi connectivity index (χ4n) is 6.43. The zero-order valence-electron chi connectivity index (χ0n) is 27.2. The number of esters is 1. The molecule has 2 aliphatic rings. The lowest BCUT2D eigenvalue weighted by molar-refractivity contribution is -0.149. The fraction of sp³-hybridized carbons (Fsp3) is 0.459. The van der Waals surface area contributed by atoms with Crippen LogP contribution >= 0.6 is 0 Å². The molecule has 2 aromatic carbocycles. The van der Waals surface area contributed by atoms with Gasteiger partial charge in [0.1, 0.15) is 19.3 Å². The van der Waals surface area contributed by atoms with Crippen molar-refractivity contribution in [2.45, 2.75) is 81.8 Å². The van der Waals surface area contributed by atoms with Crippen molar-refractivity contribution in [3.8, 4) is 11.1 Å². The molecule has 0 aromatic heterocycles. The number of alkyl carbamates (subject to hydrolysis) is 1. The number of aliphatic hydroxyl groups excluding tert-OH is 1. The standard InChI is InChI=1S/C37H47N3O7/c1-4-6-18-32(39-36(45)46-23-31-29-16-9-7-14-27(29)28-15-8-10-17-30(28)31)35(44)47-24-37(19-11-12-20-37)40-34(43)26(13-5-2)21-33(42)38-25(3)22-41/h4-5,7-10,14-17,25-26,31-32,41H,1-2,6,11-13,18-24H2,3H3,(H,38,42)(H,39,45)(H,40,43)/t25-,26+,32-/m0/s1. The second-order valence-corrected chi connectivity index (χ2v) is 12.5. The molecule has 10 nitrogen and oxygen atoms in total. The van der Waals surface area contributed by atoms with Gasteiger partial charge in [0.25, 0.3) is 0 Å². The quantitative estimate of drug-likeness (QED) is 0.141. The van der Waals surface area contributed by atoms with Crippen molar-refractivity contribution < 1.29 is 33.8 Å². The summed E-state index contributed by atoms with van der Waals surface area (Å²) in [6.07, 6.45) is 6.40. The minimum absolute atomic E-state index is 0.0637. The van der Waals surface area contributed by atoms with Crippen LogP contribution in [0, 0.1) is 5.92 Å². The van der Waals surface area contributed by atoms with E-state index in [4.69, 9.17) is 9.47 Å². The van der Waals surface area contributed by atoms with Crippen LogP contribution in [0.25, 0.3) is 11.1 Å². The van der Waals surface area contributed by atoms with Crippen molar-refractivity contribution in [2.24, 2.45) is 5.92 Å². The summed E-state index contributed by atoms with van der Waals surface area (Å²) in [4.78, 5) is 52.2. The molecule has 3 atom stereocenters. The third kappa shape index (κ3) is 9.32. The van der Waals surface area contributed by atoms with Crippen LogP contribution in [-0.2, 0) is 23.9 Å². The topological polar surface area (TPSA) is 143 Å². The molecule has 10 heteroatoms. The van der Waals surface area contributed by atoms with E-state index < -0.39 is 35.6 Å². The first kappa shape index (κ1) is 35.4. The summed E-state index contributed by atoms with van der Waals surface area (Å²) in [6.45, 7) is 8.98. The van der Waals surface area contributed by atoms with Crippen molar-refractivity contribution in [2.75, 3.05) is 19.8 Å². The van der Waals surface area contributed by atoms with Crippen molar-refractivity contribution in [3.05, 3.63) is 85.0 Å². The minimum Gasteiger partial charge on any atom is -0.462 e. The molecule has 0 unspecified atom stereocenters. The van der Waals surface area contributed by atoms with E-state index in [1.165, 1.54) is 0 Å². The molecule has 47 heavy (non-hydrogen) atoms. The van der Waals surface area contributed by atoms with Gasteiger partial charge in [-0.25, -0.2) is 9.59 Å². The van der Waals surface area contributed by atoms with Gasteiger partial charge in [0.05, 0.1) is 18.1 Å². The van der Waals surface area contributed by atoms with Crippen LogP contribution in [0.2, 0.25) is 0 Å². The molecule has 0 radical (unpaired) electrons. The van der Waals surface area contributed by atoms with Gasteiger partial charge in [0, 0.05) is 18.4 Å². The van der Waals surface area contributed by atoms with Crippen LogP contribution < -0.4 is 16.0 Å². The summed E-state index contributed by atoms with van der Waals surface area (Å²) in [5.74, 6) is -2.07. The number of allylic oxidation sites excluding steroid dienone is 2. The highest BCUT2D eigenvalue weighted by Crippen LogP contribution is 2.44. The van der Waals surface area contributed by atoms with Gasteiger partial charge in [-0.2, -0.15) is 0 Å². The fourth-order valence-corrected chi connectivity index (χ4v) is 6.43. The number of carbonyl (C=O) groups excluding carboxylic acids is 4. The second kappa shape index (κ2) is 16.9. The Morgan fingerprint density at radius 1 is 0.957 bits per heavy atom. The number of aliphatic hydroxyl groups is 1. The molecule has 2 aromatic rings. The van der Waals surface area contributed by atoms with Gasteiger partial charge >= 0.3 is 12.1 Å². The van der Waals surface area contributed by atoms with Crippen LogP contribution in [0.1, 0.15) is 75.3 Å². The molecule has 4 N–H and O–H groups in total. The molecule has 0 bridgehead atoms. The van der Waals surface area contributed by atoms with Gasteiger partial charge < -0.3 is 30.5 Å². The molecular formula is C37H47N3O7. The Hall–Kier alpha value is -4.44. The van der Waals surface area contributed by atoms with E-state index in [-0.39, 0.29) is 56.8 Å². The average molecular weight is 646 g/mol. The van der Waals surface area contributed by atoms with E-state index in [0.29, 0.717) is 19.3 Å². The molecule has 1 fully saturated rings. The molecule has 0 spiro atoms. The molecule has 252 valence electrons. The van der Waals surface area contributed by atoms with Crippen LogP contribution in [0.5, 0.6) is 0 Å². The zero-order valence-corrected chi connectivity index (χ0v) is 27.2. The second-order valence-electron chi connectivity index (χ2n) is 12.5. The molecule has 3 amide bonds. The lowest BCUT2D eigenvalue weighted by Crippen LogP contribution is -2.53. The summed E-state index contributed by atoms with van der Waals surface area (Å²) in [5.41, 5.74) is 3.63. The molecule has 0 saturated heterocycles. The van der Waals surface area contributed by atoms with E-state index in [2.05, 4.69) is 41.2 Å². The third-order valence-electron chi connectivity index (χ3n) is 8.95. The van der Waals surface area contributed by atoms with Crippen molar-refractivity contribution >= 4 is 23.9 Å². The Labute approximate surface area is 277 Å². The van der Waals surface area contributed by atoms with Crippen LogP contribution in [0.4, 0.5) is 4.79 Å². The van der Waals surface area contributed by atoms with Gasteiger partial charge in [-0.15, -0.1) is 13.2 Å². The minimum atomic E-state index is -0.969. The van der Waals surface area contributed by atoms with E-state index >= 15 is 0 Å². The summed E-state index contributed by atoms with van der Waals surface area (Å²) in [6, 6.07) is 14.7. The normalized spacial score (nSPS) is 16.5. The summed E-state index contributed by atoms with van der Waals surface area (Å²) in [7, 11) is 0. The number of hydrogen-bond donors (Lipinski definition) is 4. The first-order valence-electron chi connectivity index (χ1n) is 16.4. The van der Waals surface area contributed by atoms with Crippen molar-refractivity contribution in [1.82, 2.24) is 16.0 Å². The highest BCUT2D eigenvalue weighted by Gasteiger charge is 2.39. The monoisotopic (exact) mass is 645 g/mol. The number of ether oxygens (including phenoxy) is 2. The number of rotatable bonds is 17. The highest BCUT2D eigenvalue weighted by molar-refractivity contribution is 5.87. The molecular weight excluding hydrogens is 598 g/mol. The Morgan fingerprint density at radius 2 is 1.60 bits per heavy atom. The molecule has 0 heterocycles. The van der Waals surface area contributed by atoms with E-state index in [0.717, 1.165) is 35.1 Å². The first-order chi connectivity index (χ1) is 22.7. The number of carbonyl (C=O) groups is 4. The SMILES string of the molecule is C=CCC[C@H](NC(=O)OCC1c2ccccc2-c2ccccc21)C(=O)OCC1(NC(=O)[C@H](CC=C)CC(=O)N[C@@H](C)CO)CCCC1. The van der Waals surface area contributed by atoms with E-state index in [1.54, 1.807) is 19.1 Å². The smallest absolute Gasteiger partial charge is 0.407 e. The van der Waals surface area contributed by atoms with Gasteiger partial charge in [0.2, 0.25) is 11.8 Å². The summed E-state index contributed by atoms with van der Waals surface area (Å²) >= 11 is 0. The van der Waals surface area contributed by atoms with Crippen molar-refractivity contribution in [3.63, 3.8) is 0 Å². The van der Waals surface area contributed by atoms with E-state index in [9.17, 15) is 24.3 Å². The Morgan fingerprint density at radius 3 is 2.19 bits per heavy atom. The molecule has 1 saturated carbocycles. The maximum absolute atomic E-state index is 13.4. The van der Waals surface area contributed by atoms with Gasteiger partial charge in [-0.1, -0.05) is 73.5 Å². The number of amides is 3. The summed E-state index contributed by atoms with van der Waals surface area (Å²) < 4.78 is 11.4. The van der Waals surface area contributed by atoms with Gasteiger partial charge in [0.15, 0.2) is 0 Å². The van der Waals surface area contributed by atoms with Gasteiger partial charge in [-0.3, -0.25) is 9.59 Å². The molecule has 4 rings (SSSR count). The predicted molar refractivity (Wildman–Crippen MR) is 179 cm³/mol. The summed E-state index contributed by atoms with van der Waals surface area (Å²) in [5, 5.41) is 17.7. The molecule has 0 aliphatic heterocycles. The lowest BCUT2D eigenvalue weighted by atomic mass is 9.94. The highest BCUT2D eigenvalue weighted by atomic mass is 16.6. The lowest BCUT2D eigenvalue weighted by Gasteiger charge is -2.32. The van der Waals surface area contributed by atoms with E-state index in [1.807, 2.05) is 36.4 Å². The Bertz CT molecular complexity index is 1390. The van der Waals surface area contributed by atoms with Crippen LogP contribution in [0.3, 0.4) is 0 Å². The number of nitrogens with one attached hydrogen (secondary N) is 3. The molecule has 2 aliphatic carbocycles. The maximum atomic E-state index is 13.4. The zero-order chi connectivity index (χ0) is 33.8. The Balaban J connectivity index is 1.36. The number of hydrogen-bond acceptors (Lipinski definition) is 7. The third-order valence-corrected chi connectivity index (χ3v) is 8.95. The first-order valence-corrected chi connectivity index (χ1v) is 16.4. The largest absolute Gasteiger partial charge is 0.462 e. The maximum Gasteiger partial charge on any atom is 0.407 e. The average Bonchev–Trinajstić information content (AvgIpc) is 3.66. The predicted octanol–water partition coefficient (Wildman–Crippen LogP) is 4.91. The van der Waals surface area contributed by atoms with Crippen LogP contribution in [0.15, 0.2) is 73.8 Å². The van der Waals surface area contributed by atoms with Crippen LogP contribution in [-0.4, -0.2) is 66.4 Å². The van der Waals surface area contributed by atoms with Gasteiger partial charge in [-0.05, 0) is 61.3 Å².